The zero-order valence-corrected chi connectivity index (χ0v) is 6.64. The number of hydrogen-bond donors (Lipinski definition) is 1. The van der Waals surface area contributed by atoms with Gasteiger partial charge in [-0.25, -0.2) is 0 Å². The monoisotopic (exact) mass is 157 g/mol. The molecule has 0 unspecified atom stereocenters. The van der Waals surface area contributed by atoms with Crippen molar-refractivity contribution in [2.75, 3.05) is 6.54 Å². The maximum absolute atomic E-state index is 5.35. The summed E-state index contributed by atoms with van der Waals surface area (Å²) in [5.74, 6) is 0. The number of halogens is 1. The third-order valence-corrected chi connectivity index (χ3v) is 1.80. The van der Waals surface area contributed by atoms with E-state index >= 15 is 0 Å². The van der Waals surface area contributed by atoms with Crippen molar-refractivity contribution >= 4 is 11.6 Å². The molecule has 0 bridgehead atoms. The topological polar surface area (TPSA) is 12.0 Å². The van der Waals surface area contributed by atoms with Crippen LogP contribution in [0.5, 0.6) is 0 Å². The molecule has 0 saturated heterocycles. The highest BCUT2D eigenvalue weighted by Gasteiger charge is 2.06. The van der Waals surface area contributed by atoms with Gasteiger partial charge in [-0.3, -0.25) is 0 Å². The second-order valence-corrected chi connectivity index (χ2v) is 2.66. The van der Waals surface area contributed by atoms with E-state index in [-0.39, 0.29) is 0 Å². The average Bonchev–Trinajstić information content (AvgIpc) is 2.41. The summed E-state index contributed by atoms with van der Waals surface area (Å²) >= 11 is 5.35. The summed E-state index contributed by atoms with van der Waals surface area (Å²) in [6.07, 6.45) is 8.66. The van der Waals surface area contributed by atoms with Gasteiger partial charge in [-0.15, -0.1) is 0 Å². The SMILES string of the molecule is Cl/C=C/CNC1CC=CC1. The van der Waals surface area contributed by atoms with Crippen LogP contribution in [-0.4, -0.2) is 12.6 Å². The third-order valence-electron chi connectivity index (χ3n) is 1.62. The summed E-state index contributed by atoms with van der Waals surface area (Å²) in [6.45, 7) is 0.885. The smallest absolute Gasteiger partial charge is 0.0149 e. The van der Waals surface area contributed by atoms with E-state index in [2.05, 4.69) is 17.5 Å². The lowest BCUT2D eigenvalue weighted by Gasteiger charge is -2.08. The van der Waals surface area contributed by atoms with Crippen molar-refractivity contribution in [1.29, 1.82) is 0 Å². The van der Waals surface area contributed by atoms with Gasteiger partial charge in [0.15, 0.2) is 0 Å². The lowest BCUT2D eigenvalue weighted by atomic mass is 10.2. The molecule has 0 saturated carbocycles. The normalized spacial score (nSPS) is 19.3. The van der Waals surface area contributed by atoms with Gasteiger partial charge < -0.3 is 5.32 Å². The van der Waals surface area contributed by atoms with Crippen molar-refractivity contribution < 1.29 is 0 Å². The van der Waals surface area contributed by atoms with Crippen LogP contribution in [0.1, 0.15) is 12.8 Å². The average molecular weight is 158 g/mol. The van der Waals surface area contributed by atoms with E-state index in [0.717, 1.165) is 19.4 Å². The molecule has 1 rings (SSSR count). The zero-order valence-electron chi connectivity index (χ0n) is 5.89. The van der Waals surface area contributed by atoms with Gasteiger partial charge >= 0.3 is 0 Å². The lowest BCUT2D eigenvalue weighted by molar-refractivity contribution is 0.573. The molecule has 56 valence electrons. The van der Waals surface area contributed by atoms with E-state index in [1.165, 1.54) is 0 Å². The zero-order chi connectivity index (χ0) is 7.23. The van der Waals surface area contributed by atoms with Crippen molar-refractivity contribution in [1.82, 2.24) is 5.32 Å². The van der Waals surface area contributed by atoms with Crippen LogP contribution >= 0.6 is 11.6 Å². The summed E-state index contributed by atoms with van der Waals surface area (Å²) in [5.41, 5.74) is 1.55. The van der Waals surface area contributed by atoms with Gasteiger partial charge in [-0.1, -0.05) is 29.8 Å². The second-order valence-electron chi connectivity index (χ2n) is 2.41. The summed E-state index contributed by atoms with van der Waals surface area (Å²) < 4.78 is 0. The molecule has 0 atom stereocenters. The van der Waals surface area contributed by atoms with Crippen molar-refractivity contribution in [3.63, 3.8) is 0 Å². The minimum absolute atomic E-state index is 0.646. The fraction of sp³-hybridized carbons (Fsp3) is 0.500. The van der Waals surface area contributed by atoms with Gasteiger partial charge in [0.1, 0.15) is 0 Å². The van der Waals surface area contributed by atoms with E-state index < -0.39 is 0 Å². The first-order valence-corrected chi connectivity index (χ1v) is 4.00. The van der Waals surface area contributed by atoms with Crippen molar-refractivity contribution in [3.05, 3.63) is 23.8 Å². The minimum Gasteiger partial charge on any atom is -0.310 e. The van der Waals surface area contributed by atoms with Gasteiger partial charge in [0.2, 0.25) is 0 Å². The standard InChI is InChI=1S/C8H12ClN/c9-6-3-7-10-8-4-1-2-5-8/h1-3,6,8,10H,4-5,7H2/b6-3+. The van der Waals surface area contributed by atoms with Crippen LogP contribution in [0.25, 0.3) is 0 Å². The van der Waals surface area contributed by atoms with Gasteiger partial charge in [0, 0.05) is 18.1 Å². The fourth-order valence-corrected chi connectivity index (χ4v) is 1.15. The molecule has 0 radical (unpaired) electrons. The minimum atomic E-state index is 0.646. The Labute approximate surface area is 66.8 Å². The summed E-state index contributed by atoms with van der Waals surface area (Å²) in [7, 11) is 0. The molecule has 1 aliphatic carbocycles. The molecule has 1 aliphatic rings. The molecule has 2 heteroatoms. The highest BCUT2D eigenvalue weighted by atomic mass is 35.5. The summed E-state index contributed by atoms with van der Waals surface area (Å²) in [5, 5.41) is 3.35. The van der Waals surface area contributed by atoms with Crippen LogP contribution in [0, 0.1) is 0 Å². The highest BCUT2D eigenvalue weighted by molar-refractivity contribution is 6.25. The molecule has 0 aliphatic heterocycles. The maximum atomic E-state index is 5.35. The number of rotatable bonds is 3. The molecule has 0 spiro atoms. The van der Waals surface area contributed by atoms with Gasteiger partial charge in [0.25, 0.3) is 0 Å². The highest BCUT2D eigenvalue weighted by Crippen LogP contribution is 2.08. The predicted octanol–water partition coefficient (Wildman–Crippen LogP) is 2.05. The first-order valence-electron chi connectivity index (χ1n) is 3.57. The first-order chi connectivity index (χ1) is 4.93. The molecule has 1 N–H and O–H groups in total. The molecule has 0 aromatic rings. The van der Waals surface area contributed by atoms with Crippen LogP contribution in [0.15, 0.2) is 23.8 Å². The molecular formula is C8H12ClN. The van der Waals surface area contributed by atoms with E-state index in [4.69, 9.17) is 11.6 Å². The van der Waals surface area contributed by atoms with E-state index in [9.17, 15) is 0 Å². The Hall–Kier alpha value is -0.270. The Kier molecular flexibility index (Phi) is 3.55. The Bertz CT molecular complexity index is 132. The Morgan fingerprint density at radius 1 is 1.50 bits per heavy atom. The Morgan fingerprint density at radius 3 is 2.80 bits per heavy atom. The largest absolute Gasteiger partial charge is 0.310 e. The van der Waals surface area contributed by atoms with Crippen molar-refractivity contribution in [2.45, 2.75) is 18.9 Å². The summed E-state index contributed by atoms with van der Waals surface area (Å²) in [6, 6.07) is 0.646. The van der Waals surface area contributed by atoms with Crippen LogP contribution < -0.4 is 5.32 Å². The quantitative estimate of drug-likeness (QED) is 0.619. The maximum Gasteiger partial charge on any atom is 0.0149 e. The molecule has 10 heavy (non-hydrogen) atoms. The molecule has 0 amide bonds. The van der Waals surface area contributed by atoms with Crippen LogP contribution in [0.4, 0.5) is 0 Å². The molecule has 0 fully saturated rings. The van der Waals surface area contributed by atoms with E-state index in [1.54, 1.807) is 5.54 Å². The van der Waals surface area contributed by atoms with E-state index in [1.807, 2.05) is 6.08 Å². The molecule has 0 aromatic heterocycles. The van der Waals surface area contributed by atoms with Crippen molar-refractivity contribution in [3.8, 4) is 0 Å². The second kappa shape index (κ2) is 4.53. The van der Waals surface area contributed by atoms with Crippen molar-refractivity contribution in [2.24, 2.45) is 0 Å². The Morgan fingerprint density at radius 2 is 2.20 bits per heavy atom. The van der Waals surface area contributed by atoms with Crippen LogP contribution in [0.2, 0.25) is 0 Å². The van der Waals surface area contributed by atoms with Crippen LogP contribution in [-0.2, 0) is 0 Å². The van der Waals surface area contributed by atoms with E-state index in [0.29, 0.717) is 6.04 Å². The fourth-order valence-electron chi connectivity index (χ4n) is 1.06. The number of hydrogen-bond acceptors (Lipinski definition) is 1. The first kappa shape index (κ1) is 7.83. The summed E-state index contributed by atoms with van der Waals surface area (Å²) in [4.78, 5) is 0. The molecular weight excluding hydrogens is 146 g/mol. The molecule has 0 aromatic carbocycles. The van der Waals surface area contributed by atoms with Gasteiger partial charge in [-0.2, -0.15) is 0 Å². The van der Waals surface area contributed by atoms with Crippen LogP contribution in [0.3, 0.4) is 0 Å². The number of nitrogens with one attached hydrogen (secondary N) is 1. The predicted molar refractivity (Wildman–Crippen MR) is 45.2 cm³/mol. The lowest BCUT2D eigenvalue weighted by Crippen LogP contribution is -2.26. The Balaban J connectivity index is 2.03. The van der Waals surface area contributed by atoms with Gasteiger partial charge in [0.05, 0.1) is 0 Å². The third kappa shape index (κ3) is 2.54. The molecule has 1 nitrogen and oxygen atoms in total. The van der Waals surface area contributed by atoms with Gasteiger partial charge in [-0.05, 0) is 12.8 Å². The molecule has 0 heterocycles.